The molecule has 1 amide bonds. The highest BCUT2D eigenvalue weighted by atomic mass is 79.9. The molecule has 0 saturated heterocycles. The van der Waals surface area contributed by atoms with Gasteiger partial charge in [-0.25, -0.2) is 0 Å². The van der Waals surface area contributed by atoms with Crippen molar-refractivity contribution in [2.75, 3.05) is 5.32 Å². The summed E-state index contributed by atoms with van der Waals surface area (Å²) in [5.74, 6) is -0.0574. The molecule has 0 aliphatic heterocycles. The molecule has 0 atom stereocenters. The predicted octanol–water partition coefficient (Wildman–Crippen LogP) is 5.15. The minimum Gasteiger partial charge on any atom is -0.508 e. The lowest BCUT2D eigenvalue weighted by atomic mass is 10.1. The Morgan fingerprint density at radius 2 is 1.84 bits per heavy atom. The number of amides is 1. The summed E-state index contributed by atoms with van der Waals surface area (Å²) in [7, 11) is 0. The monoisotopic (exact) mass is 473 g/mol. The summed E-state index contributed by atoms with van der Waals surface area (Å²) >= 11 is 3.39. The molecule has 0 bridgehead atoms. The first-order valence-electron chi connectivity index (χ1n) is 9.12. The second-order valence-electron chi connectivity index (χ2n) is 6.41. The van der Waals surface area contributed by atoms with Crippen molar-refractivity contribution >= 4 is 33.6 Å². The third-order valence-electron chi connectivity index (χ3n) is 4.28. The molecule has 0 aromatic heterocycles. The lowest BCUT2D eigenvalue weighted by Crippen LogP contribution is -2.13. The molecule has 31 heavy (non-hydrogen) atoms. The molecule has 7 heteroatoms. The third kappa shape index (κ3) is 5.72. The van der Waals surface area contributed by atoms with Crippen LogP contribution >= 0.6 is 15.9 Å². The van der Waals surface area contributed by atoms with Gasteiger partial charge in [-0.3, -0.25) is 4.79 Å². The quantitative estimate of drug-likeness (QED) is 0.292. The number of nitrogens with zero attached hydrogens (tertiary/aromatic N) is 2. The Morgan fingerprint density at radius 3 is 2.55 bits per heavy atom. The van der Waals surface area contributed by atoms with Gasteiger partial charge in [0, 0.05) is 21.3 Å². The van der Waals surface area contributed by atoms with E-state index in [-0.39, 0.29) is 17.9 Å². The van der Waals surface area contributed by atoms with Crippen LogP contribution in [0.5, 0.6) is 11.5 Å². The average molecular weight is 474 g/mol. The van der Waals surface area contributed by atoms with Crippen LogP contribution in [0.1, 0.15) is 16.7 Å². The van der Waals surface area contributed by atoms with Crippen LogP contribution in [0.3, 0.4) is 0 Å². The van der Waals surface area contributed by atoms with Gasteiger partial charge in [0.2, 0.25) is 0 Å². The van der Waals surface area contributed by atoms with Gasteiger partial charge in [0.15, 0.2) is 0 Å². The fourth-order valence-corrected chi connectivity index (χ4v) is 3.10. The van der Waals surface area contributed by atoms with Gasteiger partial charge in [0.05, 0.1) is 11.6 Å². The number of phenolic OH excluding ortho intramolecular Hbond substituents is 1. The minimum atomic E-state index is -0.589. The van der Waals surface area contributed by atoms with E-state index in [1.54, 1.807) is 36.4 Å². The molecule has 0 unspecified atom stereocenters. The molecule has 3 aromatic rings. The molecule has 0 fully saturated rings. The maximum Gasteiger partial charge on any atom is 0.266 e. The Hall–Kier alpha value is -4.07. The van der Waals surface area contributed by atoms with Crippen molar-refractivity contribution in [3.05, 3.63) is 93.5 Å². The molecule has 3 aromatic carbocycles. The van der Waals surface area contributed by atoms with Crippen LogP contribution in [0.25, 0.3) is 6.08 Å². The van der Waals surface area contributed by atoms with Crippen LogP contribution < -0.4 is 10.1 Å². The van der Waals surface area contributed by atoms with E-state index >= 15 is 0 Å². The standard InChI is InChI=1S/C24H16BrN3O3/c25-20-5-10-23(31-15-17-4-2-1-3-16(17)13-26)18(12-20)11-19(14-27)24(30)28-21-6-8-22(29)9-7-21/h1-12,29H,15H2,(H,28,30). The highest BCUT2D eigenvalue weighted by molar-refractivity contribution is 9.10. The Kier molecular flexibility index (Phi) is 7.05. The summed E-state index contributed by atoms with van der Waals surface area (Å²) in [6.45, 7) is 0.161. The van der Waals surface area contributed by atoms with Gasteiger partial charge in [0.1, 0.15) is 29.7 Å². The molecule has 0 spiro atoms. The van der Waals surface area contributed by atoms with E-state index in [0.717, 1.165) is 10.0 Å². The topological polar surface area (TPSA) is 106 Å². The molecular formula is C24H16BrN3O3. The van der Waals surface area contributed by atoms with Gasteiger partial charge in [-0.1, -0.05) is 34.1 Å². The van der Waals surface area contributed by atoms with Gasteiger partial charge in [-0.2, -0.15) is 10.5 Å². The zero-order valence-electron chi connectivity index (χ0n) is 16.2. The van der Waals surface area contributed by atoms with Crippen molar-refractivity contribution in [3.63, 3.8) is 0 Å². The number of nitrogens with one attached hydrogen (secondary N) is 1. The van der Waals surface area contributed by atoms with Gasteiger partial charge < -0.3 is 15.2 Å². The Labute approximate surface area is 187 Å². The second kappa shape index (κ2) is 10.1. The highest BCUT2D eigenvalue weighted by Gasteiger charge is 2.13. The van der Waals surface area contributed by atoms with E-state index in [9.17, 15) is 20.4 Å². The first kappa shape index (κ1) is 21.6. The van der Waals surface area contributed by atoms with Gasteiger partial charge in [-0.05, 0) is 54.6 Å². The fraction of sp³-hybridized carbons (Fsp3) is 0.0417. The normalized spacial score (nSPS) is 10.6. The van der Waals surface area contributed by atoms with Crippen LogP contribution in [-0.2, 0) is 11.4 Å². The summed E-state index contributed by atoms with van der Waals surface area (Å²) in [6, 6.07) is 22.3. The predicted molar refractivity (Wildman–Crippen MR) is 120 cm³/mol. The smallest absolute Gasteiger partial charge is 0.266 e. The van der Waals surface area contributed by atoms with Crippen LogP contribution in [-0.4, -0.2) is 11.0 Å². The van der Waals surface area contributed by atoms with E-state index in [1.165, 1.54) is 30.3 Å². The van der Waals surface area contributed by atoms with Crippen LogP contribution in [0, 0.1) is 22.7 Å². The average Bonchev–Trinajstić information content (AvgIpc) is 2.78. The number of phenols is 1. The van der Waals surface area contributed by atoms with Crippen molar-refractivity contribution < 1.29 is 14.6 Å². The lowest BCUT2D eigenvalue weighted by molar-refractivity contribution is -0.112. The first-order valence-corrected chi connectivity index (χ1v) is 9.92. The van der Waals surface area contributed by atoms with Gasteiger partial charge in [-0.15, -0.1) is 0 Å². The number of nitriles is 2. The molecule has 6 nitrogen and oxygen atoms in total. The molecular weight excluding hydrogens is 458 g/mol. The van der Waals surface area contributed by atoms with Crippen LogP contribution in [0.15, 0.2) is 76.8 Å². The van der Waals surface area contributed by atoms with Crippen LogP contribution in [0.4, 0.5) is 5.69 Å². The highest BCUT2D eigenvalue weighted by Crippen LogP contribution is 2.27. The minimum absolute atomic E-state index is 0.0722. The number of aromatic hydroxyl groups is 1. The van der Waals surface area contributed by atoms with Crippen molar-refractivity contribution in [2.24, 2.45) is 0 Å². The summed E-state index contributed by atoms with van der Waals surface area (Å²) in [5.41, 5.74) is 2.11. The maximum atomic E-state index is 12.5. The molecule has 0 saturated carbocycles. The second-order valence-corrected chi connectivity index (χ2v) is 7.33. The zero-order valence-corrected chi connectivity index (χ0v) is 17.8. The van der Waals surface area contributed by atoms with Crippen molar-refractivity contribution in [1.29, 1.82) is 10.5 Å². The van der Waals surface area contributed by atoms with Crippen molar-refractivity contribution in [1.82, 2.24) is 0 Å². The number of anilines is 1. The number of rotatable bonds is 6. The molecule has 3 rings (SSSR count). The molecule has 0 radical (unpaired) electrons. The fourth-order valence-electron chi connectivity index (χ4n) is 2.72. The third-order valence-corrected chi connectivity index (χ3v) is 4.78. The molecule has 2 N–H and O–H groups in total. The zero-order chi connectivity index (χ0) is 22.2. The summed E-state index contributed by atoms with van der Waals surface area (Å²) in [6.07, 6.45) is 1.44. The Bertz CT molecular complexity index is 1220. The first-order chi connectivity index (χ1) is 15.0. The largest absolute Gasteiger partial charge is 0.508 e. The number of carbonyl (C=O) groups is 1. The number of hydrogen-bond acceptors (Lipinski definition) is 5. The van der Waals surface area contributed by atoms with E-state index in [2.05, 4.69) is 27.3 Å². The molecule has 152 valence electrons. The maximum absolute atomic E-state index is 12.5. The lowest BCUT2D eigenvalue weighted by Gasteiger charge is -2.11. The van der Waals surface area contributed by atoms with E-state index < -0.39 is 5.91 Å². The van der Waals surface area contributed by atoms with E-state index in [0.29, 0.717) is 22.6 Å². The number of hydrogen-bond donors (Lipinski definition) is 2. The van der Waals surface area contributed by atoms with Crippen molar-refractivity contribution in [3.8, 4) is 23.6 Å². The number of halogens is 1. The number of benzene rings is 3. The molecule has 0 aliphatic rings. The Morgan fingerprint density at radius 1 is 1.10 bits per heavy atom. The number of carbonyl (C=O) groups excluding carboxylic acids is 1. The van der Waals surface area contributed by atoms with Gasteiger partial charge >= 0.3 is 0 Å². The SMILES string of the molecule is N#CC(=Cc1cc(Br)ccc1OCc1ccccc1C#N)C(=O)Nc1ccc(O)cc1. The Balaban J connectivity index is 1.85. The van der Waals surface area contributed by atoms with Crippen LogP contribution in [0.2, 0.25) is 0 Å². The molecule has 0 aliphatic carbocycles. The summed E-state index contributed by atoms with van der Waals surface area (Å²) in [4.78, 5) is 12.5. The summed E-state index contributed by atoms with van der Waals surface area (Å²) < 4.78 is 6.64. The van der Waals surface area contributed by atoms with Gasteiger partial charge in [0.25, 0.3) is 5.91 Å². The number of ether oxygens (including phenoxy) is 1. The van der Waals surface area contributed by atoms with Crippen molar-refractivity contribution in [2.45, 2.75) is 6.61 Å². The molecule has 0 heterocycles. The van der Waals surface area contributed by atoms with E-state index in [4.69, 9.17) is 4.74 Å². The summed E-state index contributed by atoms with van der Waals surface area (Å²) in [5, 5.41) is 30.7. The van der Waals surface area contributed by atoms with E-state index in [1.807, 2.05) is 12.1 Å².